The van der Waals surface area contributed by atoms with Gasteiger partial charge < -0.3 is 25.5 Å². The van der Waals surface area contributed by atoms with Crippen molar-refractivity contribution < 1.29 is 50.2 Å². The Kier molecular flexibility index (Phi) is 8.88. The lowest BCUT2D eigenvalue weighted by Gasteiger charge is -2.23. The first-order chi connectivity index (χ1) is 18.6. The van der Waals surface area contributed by atoms with Crippen LogP contribution in [0.3, 0.4) is 0 Å². The van der Waals surface area contributed by atoms with E-state index in [4.69, 9.17) is 25.6 Å². The number of ether oxygens (including phenoxy) is 1. The number of amides is 1. The number of nitrogens with one attached hydrogen (secondary N) is 1. The molecule has 0 spiro atoms. The van der Waals surface area contributed by atoms with Gasteiger partial charge in [0.25, 0.3) is 0 Å². The van der Waals surface area contributed by atoms with Gasteiger partial charge in [0.1, 0.15) is 18.0 Å². The van der Waals surface area contributed by atoms with Crippen LogP contribution in [0.4, 0.5) is 30.7 Å². The molecule has 214 valence electrons. The molecular weight excluding hydrogens is 555 g/mol. The Morgan fingerprint density at radius 2 is 1.90 bits per heavy atom. The number of carboxylic acids is 1. The van der Waals surface area contributed by atoms with Crippen molar-refractivity contribution in [3.63, 3.8) is 0 Å². The molecule has 1 fully saturated rings. The lowest BCUT2D eigenvalue weighted by Crippen LogP contribution is -2.46. The zero-order valence-corrected chi connectivity index (χ0v) is 20.1. The minimum Gasteiger partial charge on any atom is -0.475 e. The molecule has 3 aromatic rings. The Bertz CT molecular complexity index is 1400. The van der Waals surface area contributed by atoms with Crippen LogP contribution < -0.4 is 10.5 Å². The van der Waals surface area contributed by atoms with Gasteiger partial charge in [0.05, 0.1) is 24.2 Å². The molecule has 4 rings (SSSR count). The van der Waals surface area contributed by atoms with Crippen LogP contribution in [0.2, 0.25) is 0 Å². The molecule has 1 aromatic carbocycles. The van der Waals surface area contributed by atoms with E-state index in [1.807, 2.05) is 6.07 Å². The molecule has 0 aliphatic carbocycles. The number of alkyl halides is 7. The maximum Gasteiger partial charge on any atom is 0.490 e. The molecule has 3 unspecified atom stereocenters. The second-order valence-electron chi connectivity index (χ2n) is 8.59. The number of nitrogens with two attached hydrogens (primary N) is 1. The number of carboxylic acid groups (broad SMARTS) is 1. The second kappa shape index (κ2) is 11.8. The number of nitrogens with zero attached hydrogens (tertiary/aromatic N) is 3. The molecule has 1 amide bonds. The van der Waals surface area contributed by atoms with Crippen LogP contribution in [0.1, 0.15) is 17.5 Å². The number of fused-ring (bicyclic) bond motifs is 1. The molecule has 0 saturated carbocycles. The number of nitriles is 1. The molecule has 0 bridgehead atoms. The molecule has 3 heterocycles. The predicted octanol–water partition coefficient (Wildman–Crippen LogP) is 4.34. The van der Waals surface area contributed by atoms with Gasteiger partial charge in [-0.25, -0.2) is 14.2 Å². The number of rotatable bonds is 5. The van der Waals surface area contributed by atoms with E-state index in [0.29, 0.717) is 22.9 Å². The summed E-state index contributed by atoms with van der Waals surface area (Å²) in [4.78, 5) is 29.5. The van der Waals surface area contributed by atoms with Crippen molar-refractivity contribution in [2.24, 2.45) is 5.73 Å². The summed E-state index contributed by atoms with van der Waals surface area (Å²) >= 11 is 0. The smallest absolute Gasteiger partial charge is 0.475 e. The number of hydrogen-bond donors (Lipinski definition) is 3. The first kappa shape index (κ1) is 30.2. The zero-order valence-electron chi connectivity index (χ0n) is 20.1. The standard InChI is InChI=1S/C22H19F4N5O2.C2HF3O2/c23-14-6-15(8-27)31(11-14)21(32)18(28)5-12-9-29-19-3-2-16(7-17(12)19)33-20-4-1-13(10-30-20)22(24,25)26;3-2(4,5)1(6)7/h1-4,7,9-10,14-15,18,29H,5-6,11,28H2;(H,6,7). The van der Waals surface area contributed by atoms with E-state index in [9.17, 15) is 35.5 Å². The summed E-state index contributed by atoms with van der Waals surface area (Å²) in [6.45, 7) is -0.156. The van der Waals surface area contributed by atoms with Gasteiger partial charge >= 0.3 is 18.3 Å². The second-order valence-corrected chi connectivity index (χ2v) is 8.59. The Balaban J connectivity index is 0.000000559. The lowest BCUT2D eigenvalue weighted by atomic mass is 10.0. The maximum atomic E-state index is 13.7. The number of likely N-dealkylation sites (tertiary alicyclic amines) is 1. The normalized spacial score (nSPS) is 18.0. The van der Waals surface area contributed by atoms with Crippen LogP contribution in [0.5, 0.6) is 11.6 Å². The highest BCUT2D eigenvalue weighted by molar-refractivity contribution is 5.87. The van der Waals surface area contributed by atoms with Gasteiger partial charge in [-0.1, -0.05) is 0 Å². The third-order valence-electron chi connectivity index (χ3n) is 5.71. The number of carbonyl (C=O) groups excluding carboxylic acids is 1. The van der Waals surface area contributed by atoms with Gasteiger partial charge in [0.2, 0.25) is 11.8 Å². The third-order valence-corrected chi connectivity index (χ3v) is 5.71. The monoisotopic (exact) mass is 575 g/mol. The number of H-pyrrole nitrogens is 1. The number of halogens is 7. The average Bonchev–Trinajstić information content (AvgIpc) is 3.45. The minimum absolute atomic E-state index is 0.0105. The summed E-state index contributed by atoms with van der Waals surface area (Å²) in [6, 6.07) is 7.11. The average molecular weight is 575 g/mol. The third kappa shape index (κ3) is 7.38. The Labute approximate surface area is 220 Å². The van der Waals surface area contributed by atoms with E-state index in [1.54, 1.807) is 24.4 Å². The first-order valence-electron chi connectivity index (χ1n) is 11.3. The quantitative estimate of drug-likeness (QED) is 0.384. The number of aliphatic carboxylic acids is 1. The summed E-state index contributed by atoms with van der Waals surface area (Å²) in [5.41, 5.74) is 6.63. The molecule has 16 heteroatoms. The molecule has 1 saturated heterocycles. The summed E-state index contributed by atoms with van der Waals surface area (Å²) < 4.78 is 89.1. The molecule has 0 radical (unpaired) electrons. The summed E-state index contributed by atoms with van der Waals surface area (Å²) in [7, 11) is 0. The van der Waals surface area contributed by atoms with E-state index in [1.165, 1.54) is 4.90 Å². The SMILES string of the molecule is N#CC1CC(F)CN1C(=O)C(N)Cc1c[nH]c2ccc(Oc3ccc(C(F)(F)F)cn3)cc12.O=C(O)C(F)(F)F. The van der Waals surface area contributed by atoms with Gasteiger partial charge in [0.15, 0.2) is 0 Å². The number of carbonyl (C=O) groups is 2. The topological polar surface area (TPSA) is 145 Å². The number of aromatic amines is 1. The van der Waals surface area contributed by atoms with E-state index in [0.717, 1.165) is 17.6 Å². The van der Waals surface area contributed by atoms with E-state index >= 15 is 0 Å². The highest BCUT2D eigenvalue weighted by Gasteiger charge is 2.38. The lowest BCUT2D eigenvalue weighted by molar-refractivity contribution is -0.192. The van der Waals surface area contributed by atoms with Crippen molar-refractivity contribution in [3.8, 4) is 17.7 Å². The van der Waals surface area contributed by atoms with E-state index in [2.05, 4.69) is 9.97 Å². The zero-order chi connectivity index (χ0) is 29.8. The Morgan fingerprint density at radius 1 is 1.23 bits per heavy atom. The van der Waals surface area contributed by atoms with E-state index < -0.39 is 48.0 Å². The summed E-state index contributed by atoms with van der Waals surface area (Å²) in [6.07, 6.45) is -8.35. The molecule has 3 atom stereocenters. The Morgan fingerprint density at radius 3 is 2.45 bits per heavy atom. The molecule has 9 nitrogen and oxygen atoms in total. The largest absolute Gasteiger partial charge is 0.490 e. The van der Waals surface area contributed by atoms with Crippen molar-refractivity contribution >= 4 is 22.8 Å². The van der Waals surface area contributed by atoms with E-state index in [-0.39, 0.29) is 25.3 Å². The predicted molar refractivity (Wildman–Crippen MR) is 124 cm³/mol. The number of pyridine rings is 1. The number of benzene rings is 1. The fourth-order valence-corrected chi connectivity index (χ4v) is 3.81. The fourth-order valence-electron chi connectivity index (χ4n) is 3.81. The van der Waals surface area contributed by atoms with Gasteiger partial charge in [-0.2, -0.15) is 31.6 Å². The van der Waals surface area contributed by atoms with Crippen LogP contribution in [-0.2, 0) is 22.2 Å². The van der Waals surface area contributed by atoms with Crippen LogP contribution in [0.15, 0.2) is 42.7 Å². The molecule has 1 aliphatic heterocycles. The van der Waals surface area contributed by atoms with Crippen molar-refractivity contribution in [2.45, 2.75) is 43.4 Å². The molecule has 1 aliphatic rings. The van der Waals surface area contributed by atoms with Crippen molar-refractivity contribution in [3.05, 3.63) is 53.9 Å². The van der Waals surface area contributed by atoms with Crippen molar-refractivity contribution in [2.75, 3.05) is 6.54 Å². The molecule has 2 aromatic heterocycles. The molecule has 40 heavy (non-hydrogen) atoms. The van der Waals surface area contributed by atoms with Gasteiger partial charge in [-0.3, -0.25) is 4.79 Å². The van der Waals surface area contributed by atoms with Gasteiger partial charge in [-0.15, -0.1) is 0 Å². The van der Waals surface area contributed by atoms with Crippen LogP contribution in [0.25, 0.3) is 10.9 Å². The fraction of sp³-hybridized carbons (Fsp3) is 0.333. The minimum atomic E-state index is -5.08. The van der Waals surface area contributed by atoms with Crippen LogP contribution >= 0.6 is 0 Å². The molecule has 4 N–H and O–H groups in total. The van der Waals surface area contributed by atoms with Gasteiger partial charge in [-0.05, 0) is 36.2 Å². The summed E-state index contributed by atoms with van der Waals surface area (Å²) in [5.74, 6) is -2.94. The molecular formula is C24H20F7N5O4. The van der Waals surface area contributed by atoms with Crippen LogP contribution in [-0.4, -0.2) is 62.8 Å². The number of aromatic nitrogens is 2. The van der Waals surface area contributed by atoms with Crippen molar-refractivity contribution in [1.82, 2.24) is 14.9 Å². The number of hydrogen-bond acceptors (Lipinski definition) is 6. The Hall–Kier alpha value is -4.39. The van der Waals surface area contributed by atoms with Gasteiger partial charge in [0, 0.05) is 35.8 Å². The summed E-state index contributed by atoms with van der Waals surface area (Å²) in [5, 5.41) is 17.0. The highest BCUT2D eigenvalue weighted by atomic mass is 19.4. The maximum absolute atomic E-state index is 13.7. The first-order valence-corrected chi connectivity index (χ1v) is 11.3. The highest BCUT2D eigenvalue weighted by Crippen LogP contribution is 2.31. The van der Waals surface area contributed by atoms with Crippen molar-refractivity contribution in [1.29, 1.82) is 5.26 Å². The van der Waals surface area contributed by atoms with Crippen LogP contribution in [0, 0.1) is 11.3 Å².